The summed E-state index contributed by atoms with van der Waals surface area (Å²) in [6, 6.07) is 4.87. The Balaban J connectivity index is 1.85. The summed E-state index contributed by atoms with van der Waals surface area (Å²) >= 11 is 0. The van der Waals surface area contributed by atoms with Crippen LogP contribution >= 0.6 is 0 Å². The van der Waals surface area contributed by atoms with Gasteiger partial charge in [-0.15, -0.1) is 0 Å². The summed E-state index contributed by atoms with van der Waals surface area (Å²) in [5.74, 6) is -0.696. The van der Waals surface area contributed by atoms with Gasteiger partial charge in [-0.1, -0.05) is 32.4 Å². The zero-order chi connectivity index (χ0) is 23.4. The Labute approximate surface area is 188 Å². The number of piperazine rings is 1. The number of fused-ring (bicyclic) bond motifs is 1. The van der Waals surface area contributed by atoms with Crippen molar-refractivity contribution in [1.82, 2.24) is 25.1 Å². The number of nitrogens with zero attached hydrogens (tertiary/aromatic N) is 4. The van der Waals surface area contributed by atoms with E-state index in [4.69, 9.17) is 4.74 Å². The highest BCUT2D eigenvalue weighted by Crippen LogP contribution is 2.30. The number of likely N-dealkylation sites (N-methyl/N-ethyl adjacent to an activating group) is 1. The molecular formula is C22H32FN5O4. The molecule has 0 aliphatic carbocycles. The maximum atomic E-state index is 13.2. The van der Waals surface area contributed by atoms with Crippen molar-refractivity contribution in [1.29, 1.82) is 0 Å². The summed E-state index contributed by atoms with van der Waals surface area (Å²) in [5, 5.41) is 5.94. The van der Waals surface area contributed by atoms with E-state index < -0.39 is 12.2 Å². The lowest BCUT2D eigenvalue weighted by molar-refractivity contribution is -0.190. The molecule has 10 heteroatoms. The first kappa shape index (κ1) is 23.9. The third-order valence-corrected chi connectivity index (χ3v) is 6.18. The van der Waals surface area contributed by atoms with Crippen molar-refractivity contribution < 1.29 is 23.5 Å². The van der Waals surface area contributed by atoms with E-state index in [1.807, 2.05) is 13.8 Å². The zero-order valence-electron chi connectivity index (χ0n) is 19.1. The molecule has 2 heterocycles. The number of hydrogen-bond acceptors (Lipinski definition) is 5. The van der Waals surface area contributed by atoms with Gasteiger partial charge in [0.2, 0.25) is 11.8 Å². The fraction of sp³-hybridized carbons (Fsp3) is 0.591. The van der Waals surface area contributed by atoms with Gasteiger partial charge >= 0.3 is 6.03 Å². The number of urea groups is 1. The Hall–Kier alpha value is -2.72. The quantitative estimate of drug-likeness (QED) is 0.677. The second-order valence-corrected chi connectivity index (χ2v) is 8.33. The second kappa shape index (κ2) is 10.3. The predicted molar refractivity (Wildman–Crippen MR) is 115 cm³/mol. The van der Waals surface area contributed by atoms with E-state index in [0.29, 0.717) is 13.2 Å². The smallest absolute Gasteiger partial charge is 0.334 e. The van der Waals surface area contributed by atoms with Gasteiger partial charge in [0.15, 0.2) is 0 Å². The van der Waals surface area contributed by atoms with E-state index in [-0.39, 0.29) is 49.2 Å². The van der Waals surface area contributed by atoms with Crippen LogP contribution in [0.3, 0.4) is 0 Å². The molecule has 0 saturated carbocycles. The Morgan fingerprint density at radius 3 is 2.59 bits per heavy atom. The molecule has 9 nitrogen and oxygen atoms in total. The monoisotopic (exact) mass is 449 g/mol. The van der Waals surface area contributed by atoms with Gasteiger partial charge in [-0.3, -0.25) is 9.59 Å². The minimum Gasteiger partial charge on any atom is -0.383 e. The molecule has 2 saturated heterocycles. The number of amides is 4. The summed E-state index contributed by atoms with van der Waals surface area (Å²) in [4.78, 5) is 42.7. The number of ether oxygens (including phenoxy) is 1. The van der Waals surface area contributed by atoms with E-state index in [0.717, 1.165) is 12.0 Å². The molecule has 176 valence electrons. The average Bonchev–Trinajstić information content (AvgIpc) is 2.77. The molecule has 1 unspecified atom stereocenters. The third kappa shape index (κ3) is 4.86. The minimum absolute atomic E-state index is 0.00124. The Kier molecular flexibility index (Phi) is 7.68. The molecule has 1 aromatic carbocycles. The molecule has 1 N–H and O–H groups in total. The van der Waals surface area contributed by atoms with E-state index >= 15 is 0 Å². The minimum atomic E-state index is -0.635. The SMILES string of the molecule is CCC(C)[C@H]1C(=O)N(CCOC)C[C@H]2N1C(=O)CN(C)N2C(=O)NCc1ccc(F)cc1. The van der Waals surface area contributed by atoms with E-state index in [2.05, 4.69) is 5.32 Å². The number of hydrazine groups is 1. The number of halogens is 1. The predicted octanol–water partition coefficient (Wildman–Crippen LogP) is 1.26. The van der Waals surface area contributed by atoms with Crippen LogP contribution in [0.25, 0.3) is 0 Å². The van der Waals surface area contributed by atoms with Crippen molar-refractivity contribution >= 4 is 17.8 Å². The molecule has 3 atom stereocenters. The second-order valence-electron chi connectivity index (χ2n) is 8.33. The average molecular weight is 450 g/mol. The summed E-state index contributed by atoms with van der Waals surface area (Å²) in [7, 11) is 3.25. The van der Waals surface area contributed by atoms with Crippen molar-refractivity contribution in [3.8, 4) is 0 Å². The van der Waals surface area contributed by atoms with E-state index in [9.17, 15) is 18.8 Å². The molecule has 4 amide bonds. The molecule has 2 aliphatic heterocycles. The summed E-state index contributed by atoms with van der Waals surface area (Å²) in [5.41, 5.74) is 0.755. The summed E-state index contributed by atoms with van der Waals surface area (Å²) in [6.45, 7) is 5.10. The molecule has 1 aromatic rings. The van der Waals surface area contributed by atoms with Gasteiger partial charge in [0.05, 0.1) is 19.7 Å². The van der Waals surface area contributed by atoms with Crippen LogP contribution in [0, 0.1) is 11.7 Å². The molecule has 3 rings (SSSR count). The van der Waals surface area contributed by atoms with Crippen molar-refractivity contribution in [2.24, 2.45) is 5.92 Å². The van der Waals surface area contributed by atoms with Crippen LogP contribution in [0.15, 0.2) is 24.3 Å². The fourth-order valence-electron chi connectivity index (χ4n) is 4.26. The van der Waals surface area contributed by atoms with Crippen LogP contribution in [0.1, 0.15) is 25.8 Å². The molecule has 2 aliphatic rings. The van der Waals surface area contributed by atoms with Gasteiger partial charge in [0, 0.05) is 27.2 Å². The fourth-order valence-corrected chi connectivity index (χ4v) is 4.26. The highest BCUT2D eigenvalue weighted by Gasteiger charge is 2.51. The topological polar surface area (TPSA) is 85.4 Å². The third-order valence-electron chi connectivity index (χ3n) is 6.18. The number of nitrogens with one attached hydrogen (secondary N) is 1. The van der Waals surface area contributed by atoms with Crippen LogP contribution in [0.5, 0.6) is 0 Å². The molecule has 0 spiro atoms. The molecule has 32 heavy (non-hydrogen) atoms. The number of hydrogen-bond donors (Lipinski definition) is 1. The standard InChI is InChI=1S/C22H32FN5O4/c1-5-15(2)20-21(30)26(10-11-32-4)13-18-27(20)19(29)14-25(3)28(18)22(31)24-12-16-6-8-17(23)9-7-16/h6-9,15,18,20H,5,10-14H2,1-4H3,(H,24,31)/t15?,18-,20-/m0/s1. The molecular weight excluding hydrogens is 417 g/mol. The lowest BCUT2D eigenvalue weighted by atomic mass is 9.92. The maximum absolute atomic E-state index is 13.2. The zero-order valence-corrected chi connectivity index (χ0v) is 19.1. The number of methoxy groups -OCH3 is 1. The van der Waals surface area contributed by atoms with Crippen molar-refractivity contribution in [2.75, 3.05) is 40.4 Å². The highest BCUT2D eigenvalue weighted by molar-refractivity contribution is 5.91. The largest absolute Gasteiger partial charge is 0.383 e. The molecule has 0 aromatic heterocycles. The first-order valence-corrected chi connectivity index (χ1v) is 10.9. The Bertz CT molecular complexity index is 836. The Morgan fingerprint density at radius 1 is 1.28 bits per heavy atom. The first-order chi connectivity index (χ1) is 15.3. The summed E-state index contributed by atoms with van der Waals surface area (Å²) in [6.07, 6.45) is 0.0977. The molecule has 0 radical (unpaired) electrons. The first-order valence-electron chi connectivity index (χ1n) is 10.9. The summed E-state index contributed by atoms with van der Waals surface area (Å²) < 4.78 is 18.3. The van der Waals surface area contributed by atoms with E-state index in [1.165, 1.54) is 17.1 Å². The lowest BCUT2D eigenvalue weighted by Gasteiger charge is -2.55. The van der Waals surface area contributed by atoms with Gasteiger partial charge in [-0.2, -0.15) is 0 Å². The van der Waals surface area contributed by atoms with Crippen LogP contribution in [0.2, 0.25) is 0 Å². The van der Waals surface area contributed by atoms with Crippen molar-refractivity contribution in [2.45, 2.75) is 39.0 Å². The normalized spacial score (nSPS) is 22.7. The van der Waals surface area contributed by atoms with Gasteiger partial charge in [-0.05, 0) is 23.6 Å². The van der Waals surface area contributed by atoms with Gasteiger partial charge in [-0.25, -0.2) is 19.2 Å². The number of benzene rings is 1. The number of carbonyl (C=O) groups excluding carboxylic acids is 3. The maximum Gasteiger partial charge on any atom is 0.334 e. The lowest BCUT2D eigenvalue weighted by Crippen LogP contribution is -2.76. The van der Waals surface area contributed by atoms with Crippen LogP contribution in [0.4, 0.5) is 9.18 Å². The van der Waals surface area contributed by atoms with Gasteiger partial charge in [0.1, 0.15) is 18.0 Å². The van der Waals surface area contributed by atoms with E-state index in [1.54, 1.807) is 41.1 Å². The van der Waals surface area contributed by atoms with Crippen LogP contribution in [-0.4, -0.2) is 90.3 Å². The molecule has 2 fully saturated rings. The van der Waals surface area contributed by atoms with Crippen LogP contribution < -0.4 is 5.32 Å². The number of rotatable bonds is 7. The Morgan fingerprint density at radius 2 is 1.97 bits per heavy atom. The van der Waals surface area contributed by atoms with Crippen molar-refractivity contribution in [3.05, 3.63) is 35.6 Å². The number of carbonyl (C=O) groups is 3. The van der Waals surface area contributed by atoms with Gasteiger partial charge in [0.25, 0.3) is 0 Å². The highest BCUT2D eigenvalue weighted by atomic mass is 19.1. The molecule has 0 bridgehead atoms. The van der Waals surface area contributed by atoms with Crippen LogP contribution in [-0.2, 0) is 20.9 Å². The van der Waals surface area contributed by atoms with Crippen molar-refractivity contribution in [3.63, 3.8) is 0 Å². The van der Waals surface area contributed by atoms with Gasteiger partial charge < -0.3 is 19.9 Å².